The van der Waals surface area contributed by atoms with Gasteiger partial charge in [0.2, 0.25) is 0 Å². The van der Waals surface area contributed by atoms with Crippen LogP contribution in [0.4, 0.5) is 10.1 Å². The second kappa shape index (κ2) is 8.29. The summed E-state index contributed by atoms with van der Waals surface area (Å²) >= 11 is 0. The zero-order chi connectivity index (χ0) is 19.5. The number of anilines is 1. The SMILES string of the molecule is C[C@@H](CN1CCN(c2ccc(F)cc2)CC1)[C@H](O)c1ccc2ccccc2c1. The Morgan fingerprint density at radius 2 is 1.57 bits per heavy atom. The summed E-state index contributed by atoms with van der Waals surface area (Å²) in [5.74, 6) is -0.0441. The van der Waals surface area contributed by atoms with Gasteiger partial charge in [0, 0.05) is 38.4 Å². The fourth-order valence-corrected chi connectivity index (χ4v) is 4.07. The van der Waals surface area contributed by atoms with Gasteiger partial charge in [0.25, 0.3) is 0 Å². The quantitative estimate of drug-likeness (QED) is 0.710. The summed E-state index contributed by atoms with van der Waals surface area (Å²) in [6.07, 6.45) is -0.472. The predicted molar refractivity (Wildman–Crippen MR) is 113 cm³/mol. The smallest absolute Gasteiger partial charge is 0.123 e. The minimum Gasteiger partial charge on any atom is -0.388 e. The number of halogens is 1. The highest BCUT2D eigenvalue weighted by atomic mass is 19.1. The van der Waals surface area contributed by atoms with Gasteiger partial charge in [-0.1, -0.05) is 43.3 Å². The molecule has 0 amide bonds. The van der Waals surface area contributed by atoms with Crippen LogP contribution in [0.1, 0.15) is 18.6 Å². The van der Waals surface area contributed by atoms with E-state index in [4.69, 9.17) is 0 Å². The van der Waals surface area contributed by atoms with Crippen molar-refractivity contribution >= 4 is 16.5 Å². The van der Waals surface area contributed by atoms with Gasteiger partial charge in [-0.15, -0.1) is 0 Å². The van der Waals surface area contributed by atoms with Gasteiger partial charge in [0.1, 0.15) is 5.82 Å². The zero-order valence-electron chi connectivity index (χ0n) is 16.3. The lowest BCUT2D eigenvalue weighted by Crippen LogP contribution is -2.48. The highest BCUT2D eigenvalue weighted by Gasteiger charge is 2.23. The molecule has 4 rings (SSSR count). The van der Waals surface area contributed by atoms with Gasteiger partial charge in [-0.05, 0) is 52.6 Å². The van der Waals surface area contributed by atoms with Gasteiger partial charge in [-0.2, -0.15) is 0 Å². The fourth-order valence-electron chi connectivity index (χ4n) is 4.07. The molecule has 0 bridgehead atoms. The standard InChI is InChI=1S/C24H27FN2O/c1-18(24(28)21-7-6-19-4-2-3-5-20(19)16-21)17-26-12-14-27(15-13-26)23-10-8-22(25)9-11-23/h2-11,16,18,24,28H,12-15,17H2,1H3/t18-,24-/m0/s1. The average Bonchev–Trinajstić information content (AvgIpc) is 2.74. The Bertz CT molecular complexity index is 919. The van der Waals surface area contributed by atoms with Crippen LogP contribution in [-0.2, 0) is 0 Å². The Balaban J connectivity index is 1.34. The van der Waals surface area contributed by atoms with Gasteiger partial charge < -0.3 is 10.0 Å². The van der Waals surface area contributed by atoms with Gasteiger partial charge in [-0.25, -0.2) is 4.39 Å². The molecule has 0 radical (unpaired) electrons. The molecule has 3 aromatic rings. The largest absolute Gasteiger partial charge is 0.388 e. The molecule has 1 aliphatic heterocycles. The molecule has 1 fully saturated rings. The van der Waals surface area contributed by atoms with E-state index in [1.165, 1.54) is 22.9 Å². The number of fused-ring (bicyclic) bond motifs is 1. The number of piperazine rings is 1. The molecule has 0 unspecified atom stereocenters. The molecule has 0 saturated carbocycles. The van der Waals surface area contributed by atoms with E-state index in [2.05, 4.69) is 41.0 Å². The molecule has 1 N–H and O–H groups in total. The number of benzene rings is 3. The number of rotatable bonds is 5. The lowest BCUT2D eigenvalue weighted by atomic mass is 9.94. The Kier molecular flexibility index (Phi) is 5.60. The summed E-state index contributed by atoms with van der Waals surface area (Å²) in [5.41, 5.74) is 2.06. The Morgan fingerprint density at radius 3 is 2.29 bits per heavy atom. The molecule has 1 saturated heterocycles. The number of aliphatic hydroxyl groups is 1. The second-order valence-corrected chi connectivity index (χ2v) is 7.79. The van der Waals surface area contributed by atoms with E-state index >= 15 is 0 Å². The van der Waals surface area contributed by atoms with E-state index < -0.39 is 6.10 Å². The minimum atomic E-state index is -0.472. The van der Waals surface area contributed by atoms with Crippen LogP contribution in [-0.4, -0.2) is 42.7 Å². The third kappa shape index (κ3) is 4.18. The minimum absolute atomic E-state index is 0.151. The molecule has 2 atom stereocenters. The van der Waals surface area contributed by atoms with Crippen LogP contribution in [0.2, 0.25) is 0 Å². The Morgan fingerprint density at radius 1 is 0.893 bits per heavy atom. The van der Waals surface area contributed by atoms with Gasteiger partial charge >= 0.3 is 0 Å². The van der Waals surface area contributed by atoms with Crippen LogP contribution in [0.5, 0.6) is 0 Å². The maximum absolute atomic E-state index is 13.1. The van der Waals surface area contributed by atoms with Crippen LogP contribution < -0.4 is 4.90 Å². The molecule has 3 aromatic carbocycles. The van der Waals surface area contributed by atoms with Crippen molar-refractivity contribution in [3.8, 4) is 0 Å². The first kappa shape index (κ1) is 18.9. The molecule has 3 nitrogen and oxygen atoms in total. The van der Waals surface area contributed by atoms with E-state index in [1.807, 2.05) is 30.3 Å². The summed E-state index contributed by atoms with van der Waals surface area (Å²) < 4.78 is 13.1. The van der Waals surface area contributed by atoms with Crippen LogP contribution in [0.3, 0.4) is 0 Å². The van der Waals surface area contributed by atoms with Crippen molar-refractivity contribution < 1.29 is 9.50 Å². The molecule has 28 heavy (non-hydrogen) atoms. The lowest BCUT2D eigenvalue weighted by molar-refractivity contribution is 0.0864. The van der Waals surface area contributed by atoms with Crippen LogP contribution in [0.25, 0.3) is 10.8 Å². The Hall–Kier alpha value is -2.43. The van der Waals surface area contributed by atoms with Crippen molar-refractivity contribution in [1.29, 1.82) is 0 Å². The Labute approximate surface area is 166 Å². The summed E-state index contributed by atoms with van der Waals surface area (Å²) in [6.45, 7) is 6.73. The molecule has 0 aliphatic carbocycles. The topological polar surface area (TPSA) is 26.7 Å². The highest BCUT2D eigenvalue weighted by molar-refractivity contribution is 5.83. The number of hydrogen-bond donors (Lipinski definition) is 1. The summed E-state index contributed by atoms with van der Waals surface area (Å²) in [5, 5.41) is 13.2. The van der Waals surface area contributed by atoms with Gasteiger partial charge in [-0.3, -0.25) is 4.90 Å². The molecule has 146 valence electrons. The van der Waals surface area contributed by atoms with E-state index in [1.54, 1.807) is 0 Å². The number of hydrogen-bond acceptors (Lipinski definition) is 3. The third-order valence-electron chi connectivity index (χ3n) is 5.76. The van der Waals surface area contributed by atoms with Crippen molar-refractivity contribution in [2.75, 3.05) is 37.6 Å². The van der Waals surface area contributed by atoms with Gasteiger partial charge in [0.05, 0.1) is 6.10 Å². The van der Waals surface area contributed by atoms with Crippen LogP contribution in [0, 0.1) is 11.7 Å². The van der Waals surface area contributed by atoms with Crippen LogP contribution >= 0.6 is 0 Å². The monoisotopic (exact) mass is 378 g/mol. The number of nitrogens with zero attached hydrogens (tertiary/aromatic N) is 2. The van der Waals surface area contributed by atoms with Crippen molar-refractivity contribution in [3.05, 3.63) is 78.1 Å². The van der Waals surface area contributed by atoms with Crippen molar-refractivity contribution in [1.82, 2.24) is 4.90 Å². The molecule has 0 aromatic heterocycles. The van der Waals surface area contributed by atoms with Gasteiger partial charge in [0.15, 0.2) is 0 Å². The van der Waals surface area contributed by atoms with Crippen molar-refractivity contribution in [2.24, 2.45) is 5.92 Å². The average molecular weight is 378 g/mol. The molecule has 4 heteroatoms. The summed E-state index contributed by atoms with van der Waals surface area (Å²) in [4.78, 5) is 4.70. The van der Waals surface area contributed by atoms with E-state index in [-0.39, 0.29) is 11.7 Å². The maximum atomic E-state index is 13.1. The zero-order valence-corrected chi connectivity index (χ0v) is 16.3. The van der Waals surface area contributed by atoms with E-state index in [9.17, 15) is 9.50 Å². The van der Waals surface area contributed by atoms with Crippen LogP contribution in [0.15, 0.2) is 66.7 Å². The molecule has 1 aliphatic rings. The molecule has 0 spiro atoms. The highest BCUT2D eigenvalue weighted by Crippen LogP contribution is 2.27. The first-order valence-corrected chi connectivity index (χ1v) is 10.00. The third-order valence-corrected chi connectivity index (χ3v) is 5.76. The molecule has 1 heterocycles. The lowest BCUT2D eigenvalue weighted by Gasteiger charge is -2.37. The number of aliphatic hydroxyl groups excluding tert-OH is 1. The van der Waals surface area contributed by atoms with E-state index in [0.717, 1.165) is 44.0 Å². The first-order chi connectivity index (χ1) is 13.6. The summed E-state index contributed by atoms with van der Waals surface area (Å²) in [7, 11) is 0. The maximum Gasteiger partial charge on any atom is 0.123 e. The molecular formula is C24H27FN2O. The second-order valence-electron chi connectivity index (χ2n) is 7.79. The normalized spacial score (nSPS) is 17.6. The summed E-state index contributed by atoms with van der Waals surface area (Å²) in [6, 6.07) is 21.2. The van der Waals surface area contributed by atoms with E-state index in [0.29, 0.717) is 0 Å². The van der Waals surface area contributed by atoms with Crippen molar-refractivity contribution in [2.45, 2.75) is 13.0 Å². The fraction of sp³-hybridized carbons (Fsp3) is 0.333. The van der Waals surface area contributed by atoms with Crippen molar-refractivity contribution in [3.63, 3.8) is 0 Å². The molecular weight excluding hydrogens is 351 g/mol. The first-order valence-electron chi connectivity index (χ1n) is 10.00. The predicted octanol–water partition coefficient (Wildman–Crippen LogP) is 4.47.